The molecule has 2 atom stereocenters. The number of aliphatic hydroxyl groups excluding tert-OH is 1. The molecular formula is C27H30N5O5+. The fourth-order valence-corrected chi connectivity index (χ4v) is 5.76. The lowest BCUT2D eigenvalue weighted by Crippen LogP contribution is -2.73. The Hall–Kier alpha value is -4.05. The second-order valence-corrected chi connectivity index (χ2v) is 10.0. The molecule has 0 saturated carbocycles. The van der Waals surface area contributed by atoms with Crippen LogP contribution in [0.5, 0.6) is 0 Å². The number of nitrogens with zero attached hydrogens (tertiary/aromatic N) is 4. The van der Waals surface area contributed by atoms with E-state index in [1.807, 2.05) is 36.4 Å². The van der Waals surface area contributed by atoms with Crippen molar-refractivity contribution >= 4 is 35.3 Å². The lowest BCUT2D eigenvalue weighted by Gasteiger charge is -2.53. The summed E-state index contributed by atoms with van der Waals surface area (Å²) in [5.74, 6) is -0.884. The number of aliphatic hydroxyl groups is 1. The Balaban J connectivity index is 1.56. The largest absolute Gasteiger partial charge is 0.501 e. The quantitative estimate of drug-likeness (QED) is 0.365. The van der Waals surface area contributed by atoms with Crippen molar-refractivity contribution in [1.29, 1.82) is 0 Å². The number of nitro benzene ring substituents is 1. The summed E-state index contributed by atoms with van der Waals surface area (Å²) in [6.07, 6.45) is 4.17. The molecule has 3 amide bonds. The second-order valence-electron chi connectivity index (χ2n) is 10.0. The summed E-state index contributed by atoms with van der Waals surface area (Å²) in [5, 5.41) is 25.5. The lowest BCUT2D eigenvalue weighted by atomic mass is 9.68. The van der Waals surface area contributed by atoms with Gasteiger partial charge in [-0.25, -0.2) is 4.79 Å². The highest BCUT2D eigenvalue weighted by molar-refractivity contribution is 6.13. The van der Waals surface area contributed by atoms with E-state index in [2.05, 4.69) is 21.2 Å². The minimum absolute atomic E-state index is 0.0487. The van der Waals surface area contributed by atoms with Crippen molar-refractivity contribution in [3.63, 3.8) is 0 Å². The van der Waals surface area contributed by atoms with E-state index in [1.165, 1.54) is 16.7 Å². The maximum absolute atomic E-state index is 13.6. The third kappa shape index (κ3) is 4.17. The van der Waals surface area contributed by atoms with Gasteiger partial charge >= 0.3 is 11.9 Å². The number of carbonyl (C=O) groups is 2. The zero-order valence-electron chi connectivity index (χ0n) is 20.8. The Bertz CT molecular complexity index is 1320. The van der Waals surface area contributed by atoms with Crippen molar-refractivity contribution < 1.29 is 24.2 Å². The lowest BCUT2D eigenvalue weighted by molar-refractivity contribution is -0.478. The summed E-state index contributed by atoms with van der Waals surface area (Å²) in [6, 6.07) is 13.1. The summed E-state index contributed by atoms with van der Waals surface area (Å²) in [4.78, 5) is 41.6. The number of urea groups is 1. The number of non-ortho nitro benzene ring substituents is 1. The van der Waals surface area contributed by atoms with Gasteiger partial charge in [0.15, 0.2) is 5.41 Å². The van der Waals surface area contributed by atoms with Crippen LogP contribution in [0.4, 0.5) is 16.2 Å². The summed E-state index contributed by atoms with van der Waals surface area (Å²) in [6.45, 7) is 5.91. The highest BCUT2D eigenvalue weighted by Crippen LogP contribution is 2.45. The number of amides is 3. The van der Waals surface area contributed by atoms with Gasteiger partial charge in [0.05, 0.1) is 11.0 Å². The SMILES string of the molecule is CC(C)[N+]1=C(O)C2(Cc3cc([N+](=O)[O-])ccc3N3CCN(C/C=C/c4ccccc4)CC32)C(=O)NC1=O. The van der Waals surface area contributed by atoms with Crippen LogP contribution in [0.25, 0.3) is 6.08 Å². The number of hydrogen-bond acceptors (Lipinski definition) is 6. The van der Waals surface area contributed by atoms with Gasteiger partial charge in [-0.15, -0.1) is 0 Å². The van der Waals surface area contributed by atoms with Crippen molar-refractivity contribution in [1.82, 2.24) is 10.2 Å². The maximum atomic E-state index is 13.6. The molecule has 1 fully saturated rings. The van der Waals surface area contributed by atoms with Crippen LogP contribution in [0.3, 0.4) is 0 Å². The van der Waals surface area contributed by atoms with Gasteiger partial charge in [-0.3, -0.25) is 15.0 Å². The predicted octanol–water partition coefficient (Wildman–Crippen LogP) is 2.97. The summed E-state index contributed by atoms with van der Waals surface area (Å²) >= 11 is 0. The Morgan fingerprint density at radius 1 is 1.22 bits per heavy atom. The minimum atomic E-state index is -1.47. The van der Waals surface area contributed by atoms with E-state index >= 15 is 0 Å². The highest BCUT2D eigenvalue weighted by atomic mass is 16.6. The first kappa shape index (κ1) is 24.6. The second kappa shape index (κ2) is 9.44. The molecule has 1 spiro atoms. The number of imide groups is 1. The molecule has 10 heteroatoms. The van der Waals surface area contributed by atoms with Crippen LogP contribution in [0, 0.1) is 15.5 Å². The van der Waals surface area contributed by atoms with E-state index in [1.54, 1.807) is 19.9 Å². The molecule has 3 heterocycles. The van der Waals surface area contributed by atoms with E-state index in [0.29, 0.717) is 31.7 Å². The average Bonchev–Trinajstić information content (AvgIpc) is 2.87. The molecule has 5 rings (SSSR count). The van der Waals surface area contributed by atoms with E-state index in [0.717, 1.165) is 11.3 Å². The molecule has 2 aromatic carbocycles. The number of piperazine rings is 1. The average molecular weight is 505 g/mol. The third-order valence-electron chi connectivity index (χ3n) is 7.55. The molecule has 192 valence electrons. The molecule has 3 aliphatic rings. The Morgan fingerprint density at radius 3 is 2.68 bits per heavy atom. The molecule has 2 aromatic rings. The fraction of sp³-hybridized carbons (Fsp3) is 0.370. The van der Waals surface area contributed by atoms with Crippen LogP contribution < -0.4 is 10.2 Å². The predicted molar refractivity (Wildman–Crippen MR) is 139 cm³/mol. The molecular weight excluding hydrogens is 474 g/mol. The summed E-state index contributed by atoms with van der Waals surface area (Å²) in [7, 11) is 0. The molecule has 2 unspecified atom stereocenters. The Morgan fingerprint density at radius 2 is 1.97 bits per heavy atom. The Labute approximate surface area is 214 Å². The van der Waals surface area contributed by atoms with Crippen molar-refractivity contribution in [2.24, 2.45) is 5.41 Å². The van der Waals surface area contributed by atoms with Crippen LogP contribution in [-0.4, -0.2) is 75.6 Å². The zero-order chi connectivity index (χ0) is 26.3. The van der Waals surface area contributed by atoms with E-state index in [4.69, 9.17) is 0 Å². The topological polar surface area (TPSA) is 119 Å². The fourth-order valence-electron chi connectivity index (χ4n) is 5.76. The van der Waals surface area contributed by atoms with Gasteiger partial charge in [-0.1, -0.05) is 42.5 Å². The van der Waals surface area contributed by atoms with Crippen molar-refractivity contribution in [2.75, 3.05) is 31.1 Å². The first-order valence-electron chi connectivity index (χ1n) is 12.4. The first-order valence-corrected chi connectivity index (χ1v) is 12.4. The van der Waals surface area contributed by atoms with Gasteiger partial charge in [-0.05, 0) is 31.0 Å². The minimum Gasteiger partial charge on any atom is -0.480 e. The van der Waals surface area contributed by atoms with Crippen LogP contribution in [0.2, 0.25) is 0 Å². The van der Waals surface area contributed by atoms with E-state index < -0.39 is 34.4 Å². The van der Waals surface area contributed by atoms with Gasteiger partial charge in [0, 0.05) is 50.4 Å². The molecule has 0 radical (unpaired) electrons. The van der Waals surface area contributed by atoms with Gasteiger partial charge in [-0.2, -0.15) is 14.7 Å². The highest BCUT2D eigenvalue weighted by Gasteiger charge is 2.64. The number of carbonyl (C=O) groups excluding carboxylic acids is 2. The Kier molecular flexibility index (Phi) is 6.28. The number of nitrogens with one attached hydrogen (secondary N) is 1. The molecule has 0 aromatic heterocycles. The number of nitro groups is 1. The molecule has 37 heavy (non-hydrogen) atoms. The van der Waals surface area contributed by atoms with Crippen molar-refractivity contribution in [2.45, 2.75) is 32.4 Å². The van der Waals surface area contributed by atoms with Gasteiger partial charge < -0.3 is 10.0 Å². The van der Waals surface area contributed by atoms with Crippen molar-refractivity contribution in [3.8, 4) is 0 Å². The number of anilines is 1. The van der Waals surface area contributed by atoms with Crippen LogP contribution in [-0.2, 0) is 11.2 Å². The smallest absolute Gasteiger partial charge is 0.480 e. The van der Waals surface area contributed by atoms with Crippen LogP contribution in [0.15, 0.2) is 54.6 Å². The van der Waals surface area contributed by atoms with Crippen molar-refractivity contribution in [3.05, 3.63) is 75.8 Å². The van der Waals surface area contributed by atoms with Gasteiger partial charge in [0.25, 0.3) is 11.6 Å². The summed E-state index contributed by atoms with van der Waals surface area (Å²) in [5.41, 5.74) is 0.957. The van der Waals surface area contributed by atoms with E-state index in [-0.39, 0.29) is 18.0 Å². The molecule has 2 N–H and O–H groups in total. The molecule has 10 nitrogen and oxygen atoms in total. The standard InChI is InChI=1S/C27H29N5O5/c1-18(2)31-25(34)27(24(33)28-26(31)35)16-20-15-21(32(36)37)10-11-22(20)30-14-13-29(17-23(27)30)12-6-9-19-7-4-3-5-8-19/h3-11,15,18,23H,12-14,16-17H2,1-2H3,(H,28,33,35)/p+1/b9-6+. The normalized spacial score (nSPS) is 24.0. The van der Waals surface area contributed by atoms with Crippen LogP contribution in [0.1, 0.15) is 25.0 Å². The molecule has 3 aliphatic heterocycles. The van der Waals surface area contributed by atoms with Crippen LogP contribution >= 0.6 is 0 Å². The number of hydrogen-bond donors (Lipinski definition) is 2. The third-order valence-corrected chi connectivity index (χ3v) is 7.55. The number of benzene rings is 2. The van der Waals surface area contributed by atoms with E-state index in [9.17, 15) is 24.8 Å². The van der Waals surface area contributed by atoms with Gasteiger partial charge in [0.1, 0.15) is 6.04 Å². The van der Waals surface area contributed by atoms with Gasteiger partial charge in [0.2, 0.25) is 0 Å². The zero-order valence-corrected chi connectivity index (χ0v) is 20.8. The number of rotatable bonds is 5. The monoisotopic (exact) mass is 504 g/mol. The first-order chi connectivity index (χ1) is 17.7. The molecule has 0 bridgehead atoms. The number of fused-ring (bicyclic) bond motifs is 4. The summed E-state index contributed by atoms with van der Waals surface area (Å²) < 4.78 is 1.22. The molecule has 0 aliphatic carbocycles. The molecule has 1 saturated heterocycles. The maximum Gasteiger partial charge on any atom is 0.501 e.